The molecule has 5 heteroatoms. The summed E-state index contributed by atoms with van der Waals surface area (Å²) < 4.78 is 0.760. The number of anilines is 1. The largest absolute Gasteiger partial charge is 0.321 e. The molecule has 2 rings (SSSR count). The van der Waals surface area contributed by atoms with Crippen LogP contribution in [0.5, 0.6) is 0 Å². The molecule has 0 radical (unpaired) electrons. The Hall–Kier alpha value is -1.20. The molecule has 92 valence electrons. The topological polar surface area (TPSA) is 42.0 Å². The number of carbonyl (C=O) groups excluding carboxylic acids is 1. The molecule has 0 aliphatic carbocycles. The van der Waals surface area contributed by atoms with Crippen molar-refractivity contribution in [2.24, 2.45) is 0 Å². The molecule has 1 aromatic heterocycles. The Kier molecular flexibility index (Phi) is 4.49. The fourth-order valence-electron chi connectivity index (χ4n) is 1.42. The Bertz CT molecular complexity index is 555. The van der Waals surface area contributed by atoms with Gasteiger partial charge in [-0.3, -0.25) is 9.78 Å². The monoisotopic (exact) mass is 368 g/mol. The highest BCUT2D eigenvalue weighted by atomic mass is 79.9. The van der Waals surface area contributed by atoms with Crippen LogP contribution in [0.15, 0.2) is 47.2 Å². The van der Waals surface area contributed by atoms with Gasteiger partial charge >= 0.3 is 0 Å². The number of hydrogen-bond acceptors (Lipinski definition) is 2. The van der Waals surface area contributed by atoms with Gasteiger partial charge in [-0.25, -0.2) is 0 Å². The third kappa shape index (κ3) is 3.17. The van der Waals surface area contributed by atoms with Crippen molar-refractivity contribution < 1.29 is 4.79 Å². The van der Waals surface area contributed by atoms with E-state index in [1.165, 1.54) is 0 Å². The van der Waals surface area contributed by atoms with Crippen LogP contribution < -0.4 is 5.32 Å². The van der Waals surface area contributed by atoms with Gasteiger partial charge in [0.1, 0.15) is 0 Å². The summed E-state index contributed by atoms with van der Waals surface area (Å²) in [5.41, 5.74) is 2.47. The zero-order valence-corrected chi connectivity index (χ0v) is 12.5. The van der Waals surface area contributed by atoms with Crippen molar-refractivity contribution in [1.29, 1.82) is 0 Å². The number of aromatic nitrogens is 1. The summed E-state index contributed by atoms with van der Waals surface area (Å²) in [5, 5.41) is 3.61. The molecular weight excluding hydrogens is 360 g/mol. The van der Waals surface area contributed by atoms with Gasteiger partial charge < -0.3 is 5.32 Å². The van der Waals surface area contributed by atoms with E-state index in [4.69, 9.17) is 0 Å². The van der Waals surface area contributed by atoms with Crippen LogP contribution in [0, 0.1) is 0 Å². The highest BCUT2D eigenvalue weighted by Gasteiger charge is 2.07. The summed E-state index contributed by atoms with van der Waals surface area (Å²) in [6.45, 7) is 0. The second-order valence-electron chi connectivity index (χ2n) is 3.64. The Labute approximate surface area is 122 Å². The molecule has 1 heterocycles. The maximum Gasteiger partial charge on any atom is 0.255 e. The van der Waals surface area contributed by atoms with E-state index >= 15 is 0 Å². The first-order valence-electron chi connectivity index (χ1n) is 5.26. The van der Waals surface area contributed by atoms with Crippen LogP contribution in [-0.4, -0.2) is 10.9 Å². The van der Waals surface area contributed by atoms with E-state index in [0.717, 1.165) is 15.4 Å². The first-order chi connectivity index (χ1) is 8.70. The molecule has 0 atom stereocenters. The quantitative estimate of drug-likeness (QED) is 0.831. The number of alkyl halides is 1. The first-order valence-corrected chi connectivity index (χ1v) is 7.18. The maximum atomic E-state index is 12.0. The number of pyridine rings is 1. The molecule has 0 aliphatic heterocycles. The van der Waals surface area contributed by atoms with E-state index < -0.39 is 0 Å². The highest BCUT2D eigenvalue weighted by molar-refractivity contribution is 9.10. The number of benzene rings is 1. The van der Waals surface area contributed by atoms with Crippen LogP contribution in [-0.2, 0) is 5.33 Å². The first kappa shape index (κ1) is 13.2. The lowest BCUT2D eigenvalue weighted by Crippen LogP contribution is -2.12. The minimum Gasteiger partial charge on any atom is -0.321 e. The number of rotatable bonds is 3. The molecule has 0 fully saturated rings. The smallest absolute Gasteiger partial charge is 0.255 e. The van der Waals surface area contributed by atoms with E-state index in [-0.39, 0.29) is 5.91 Å². The van der Waals surface area contributed by atoms with Gasteiger partial charge in [-0.2, -0.15) is 0 Å². The molecule has 1 amide bonds. The van der Waals surface area contributed by atoms with Crippen molar-refractivity contribution >= 4 is 43.5 Å². The third-order valence-electron chi connectivity index (χ3n) is 2.39. The molecule has 0 bridgehead atoms. The molecule has 3 nitrogen and oxygen atoms in total. The molecular formula is C13H10Br2N2O. The molecule has 0 spiro atoms. The summed E-state index contributed by atoms with van der Waals surface area (Å²) >= 11 is 6.71. The van der Waals surface area contributed by atoms with Gasteiger partial charge in [-0.05, 0) is 39.7 Å². The number of nitrogens with zero attached hydrogens (tertiary/aromatic N) is 1. The van der Waals surface area contributed by atoms with Crippen molar-refractivity contribution in [2.75, 3.05) is 5.32 Å². The predicted octanol–water partition coefficient (Wildman–Crippen LogP) is 3.99. The fourth-order valence-corrected chi connectivity index (χ4v) is 2.14. The average Bonchev–Trinajstić information content (AvgIpc) is 2.41. The van der Waals surface area contributed by atoms with Crippen LogP contribution in [0.25, 0.3) is 0 Å². The van der Waals surface area contributed by atoms with E-state index in [1.54, 1.807) is 30.6 Å². The minimum atomic E-state index is -0.136. The van der Waals surface area contributed by atoms with Crippen molar-refractivity contribution in [3.8, 4) is 0 Å². The zero-order chi connectivity index (χ0) is 13.0. The molecule has 0 saturated carbocycles. The van der Waals surface area contributed by atoms with Crippen molar-refractivity contribution in [3.63, 3.8) is 0 Å². The molecule has 18 heavy (non-hydrogen) atoms. The average molecular weight is 370 g/mol. The van der Waals surface area contributed by atoms with E-state index in [2.05, 4.69) is 42.2 Å². The fraction of sp³-hybridized carbons (Fsp3) is 0.0769. The van der Waals surface area contributed by atoms with Crippen molar-refractivity contribution in [3.05, 3.63) is 58.3 Å². The predicted molar refractivity (Wildman–Crippen MR) is 79.0 cm³/mol. The summed E-state index contributed by atoms with van der Waals surface area (Å²) in [7, 11) is 0. The molecule has 0 unspecified atom stereocenters. The van der Waals surface area contributed by atoms with Crippen LogP contribution in [0.3, 0.4) is 0 Å². The van der Waals surface area contributed by atoms with Crippen molar-refractivity contribution in [2.45, 2.75) is 5.33 Å². The van der Waals surface area contributed by atoms with E-state index in [9.17, 15) is 4.79 Å². The summed E-state index contributed by atoms with van der Waals surface area (Å²) in [6.07, 6.45) is 3.28. The van der Waals surface area contributed by atoms with E-state index in [0.29, 0.717) is 11.3 Å². The lowest BCUT2D eigenvalue weighted by molar-refractivity contribution is 0.102. The Morgan fingerprint density at radius 2 is 1.94 bits per heavy atom. The van der Waals surface area contributed by atoms with Crippen LogP contribution in [0.1, 0.15) is 15.9 Å². The summed E-state index contributed by atoms with van der Waals surface area (Å²) in [4.78, 5) is 15.9. The van der Waals surface area contributed by atoms with Crippen LogP contribution >= 0.6 is 31.9 Å². The number of amides is 1. The van der Waals surface area contributed by atoms with E-state index in [1.807, 2.05) is 12.1 Å². The normalized spacial score (nSPS) is 10.1. The van der Waals surface area contributed by atoms with Gasteiger partial charge in [0.2, 0.25) is 0 Å². The molecule has 0 aliphatic rings. The number of halogens is 2. The third-order valence-corrected chi connectivity index (χ3v) is 3.67. The lowest BCUT2D eigenvalue weighted by Gasteiger charge is -2.07. The second-order valence-corrected chi connectivity index (χ2v) is 5.06. The standard InChI is InChI=1S/C13H10Br2N2O/c14-7-9-1-3-10(4-2-9)13(18)17-12-5-6-16-8-11(12)15/h1-6,8H,7H2,(H,16,17,18). The number of hydrogen-bond donors (Lipinski definition) is 1. The SMILES string of the molecule is O=C(Nc1ccncc1Br)c1ccc(CBr)cc1. The minimum absolute atomic E-state index is 0.136. The van der Waals surface area contributed by atoms with Gasteiger partial charge in [0, 0.05) is 23.3 Å². The van der Waals surface area contributed by atoms with Gasteiger partial charge in [0.15, 0.2) is 0 Å². The number of carbonyl (C=O) groups is 1. The molecule has 1 aromatic carbocycles. The molecule has 1 N–H and O–H groups in total. The number of nitrogens with one attached hydrogen (secondary N) is 1. The maximum absolute atomic E-state index is 12.0. The second kappa shape index (κ2) is 6.11. The highest BCUT2D eigenvalue weighted by Crippen LogP contribution is 2.20. The van der Waals surface area contributed by atoms with Gasteiger partial charge in [-0.1, -0.05) is 28.1 Å². The zero-order valence-electron chi connectivity index (χ0n) is 9.36. The summed E-state index contributed by atoms with van der Waals surface area (Å²) in [5.74, 6) is -0.136. The Balaban J connectivity index is 2.14. The van der Waals surface area contributed by atoms with Gasteiger partial charge in [0.05, 0.1) is 10.2 Å². The van der Waals surface area contributed by atoms with Gasteiger partial charge in [-0.15, -0.1) is 0 Å². The Morgan fingerprint density at radius 1 is 1.22 bits per heavy atom. The van der Waals surface area contributed by atoms with Crippen LogP contribution in [0.2, 0.25) is 0 Å². The lowest BCUT2D eigenvalue weighted by atomic mass is 10.1. The Morgan fingerprint density at radius 3 is 2.56 bits per heavy atom. The van der Waals surface area contributed by atoms with Gasteiger partial charge in [0.25, 0.3) is 5.91 Å². The summed E-state index contributed by atoms with van der Waals surface area (Å²) in [6, 6.07) is 9.20. The van der Waals surface area contributed by atoms with Crippen molar-refractivity contribution in [1.82, 2.24) is 4.98 Å². The van der Waals surface area contributed by atoms with Crippen LogP contribution in [0.4, 0.5) is 5.69 Å². The molecule has 0 saturated heterocycles. The molecule has 2 aromatic rings.